The molecule has 19 heavy (non-hydrogen) atoms. The Morgan fingerprint density at radius 3 is 2.32 bits per heavy atom. The summed E-state index contributed by atoms with van der Waals surface area (Å²) in [6.45, 7) is 5.40. The van der Waals surface area contributed by atoms with E-state index >= 15 is 0 Å². The minimum atomic E-state index is -0.507. The Morgan fingerprint density at radius 1 is 1.21 bits per heavy atom. The van der Waals surface area contributed by atoms with Crippen molar-refractivity contribution in [1.29, 1.82) is 0 Å². The van der Waals surface area contributed by atoms with E-state index in [0.717, 1.165) is 37.8 Å². The molecule has 0 atom stereocenters. The Balaban J connectivity index is 2.87. The van der Waals surface area contributed by atoms with E-state index in [1.165, 1.54) is 6.07 Å². The van der Waals surface area contributed by atoms with Crippen molar-refractivity contribution >= 4 is 5.91 Å². The van der Waals surface area contributed by atoms with E-state index in [1.54, 1.807) is 4.90 Å². The minimum absolute atomic E-state index is 0.0483. The second-order valence-electron chi connectivity index (χ2n) is 4.66. The molecule has 1 amide bonds. The maximum Gasteiger partial charge on any atom is 0.257 e. The van der Waals surface area contributed by atoms with Crippen molar-refractivity contribution in [3.8, 4) is 5.75 Å². The van der Waals surface area contributed by atoms with E-state index < -0.39 is 5.82 Å². The number of aromatic hydroxyl groups is 1. The van der Waals surface area contributed by atoms with Crippen molar-refractivity contribution in [2.45, 2.75) is 39.5 Å². The fourth-order valence-corrected chi connectivity index (χ4v) is 1.86. The Morgan fingerprint density at radius 2 is 1.79 bits per heavy atom. The van der Waals surface area contributed by atoms with Gasteiger partial charge < -0.3 is 10.0 Å². The van der Waals surface area contributed by atoms with Crippen LogP contribution in [0.4, 0.5) is 4.39 Å². The maximum atomic E-state index is 13.2. The molecule has 1 aromatic rings. The predicted octanol–water partition coefficient (Wildman–Crippen LogP) is 3.57. The lowest BCUT2D eigenvalue weighted by molar-refractivity contribution is 0.0747. The van der Waals surface area contributed by atoms with Gasteiger partial charge in [-0.2, -0.15) is 0 Å². The van der Waals surface area contributed by atoms with Crippen LogP contribution in [0.2, 0.25) is 0 Å². The van der Waals surface area contributed by atoms with Crippen LogP contribution in [0.1, 0.15) is 49.9 Å². The Bertz CT molecular complexity index is 413. The Hall–Kier alpha value is -1.58. The number of hydrogen-bond acceptors (Lipinski definition) is 2. The van der Waals surface area contributed by atoms with Gasteiger partial charge in [0.25, 0.3) is 5.91 Å². The molecule has 0 heterocycles. The first kappa shape index (κ1) is 15.5. The molecule has 1 N–H and O–H groups in total. The van der Waals surface area contributed by atoms with Gasteiger partial charge in [0.05, 0.1) is 5.56 Å². The van der Waals surface area contributed by atoms with Crippen molar-refractivity contribution in [3.63, 3.8) is 0 Å². The zero-order valence-corrected chi connectivity index (χ0v) is 11.7. The van der Waals surface area contributed by atoms with Crippen LogP contribution in [0.25, 0.3) is 0 Å². The molecule has 0 fully saturated rings. The number of carbonyl (C=O) groups excluding carboxylic acids is 1. The summed E-state index contributed by atoms with van der Waals surface area (Å²) in [7, 11) is 0. The van der Waals surface area contributed by atoms with Crippen LogP contribution in [-0.4, -0.2) is 29.0 Å². The van der Waals surface area contributed by atoms with Crippen LogP contribution in [0, 0.1) is 5.82 Å². The molecule has 0 aliphatic heterocycles. The van der Waals surface area contributed by atoms with Crippen molar-refractivity contribution in [2.24, 2.45) is 0 Å². The maximum absolute atomic E-state index is 13.2. The number of phenolic OH excluding ortho intramolecular Hbond substituents is 1. The minimum Gasteiger partial charge on any atom is -0.507 e. The second-order valence-corrected chi connectivity index (χ2v) is 4.66. The third-order valence-electron chi connectivity index (χ3n) is 3.04. The van der Waals surface area contributed by atoms with Gasteiger partial charge in [-0.15, -0.1) is 0 Å². The van der Waals surface area contributed by atoms with Crippen LogP contribution in [0.15, 0.2) is 18.2 Å². The summed E-state index contributed by atoms with van der Waals surface area (Å²) in [5.41, 5.74) is 0.0483. The molecule has 1 rings (SSSR count). The number of amides is 1. The first-order valence-electron chi connectivity index (χ1n) is 6.88. The lowest BCUT2D eigenvalue weighted by Gasteiger charge is -2.22. The summed E-state index contributed by atoms with van der Waals surface area (Å²) in [4.78, 5) is 14.0. The molecule has 3 nitrogen and oxygen atoms in total. The van der Waals surface area contributed by atoms with Gasteiger partial charge in [-0.25, -0.2) is 4.39 Å². The number of carbonyl (C=O) groups is 1. The molecule has 106 valence electrons. The molecule has 0 aromatic heterocycles. The van der Waals surface area contributed by atoms with E-state index in [4.69, 9.17) is 0 Å². The number of benzene rings is 1. The average molecular weight is 267 g/mol. The van der Waals surface area contributed by atoms with Crippen molar-refractivity contribution in [1.82, 2.24) is 4.90 Å². The highest BCUT2D eigenvalue weighted by Gasteiger charge is 2.18. The summed E-state index contributed by atoms with van der Waals surface area (Å²) >= 11 is 0. The van der Waals surface area contributed by atoms with Gasteiger partial charge in [-0.3, -0.25) is 4.79 Å². The smallest absolute Gasteiger partial charge is 0.257 e. The summed E-state index contributed by atoms with van der Waals surface area (Å²) in [5, 5.41) is 9.69. The van der Waals surface area contributed by atoms with E-state index in [2.05, 4.69) is 13.8 Å². The van der Waals surface area contributed by atoms with Gasteiger partial charge in [-0.1, -0.05) is 26.7 Å². The van der Waals surface area contributed by atoms with Crippen LogP contribution < -0.4 is 0 Å². The largest absolute Gasteiger partial charge is 0.507 e. The standard InChI is InChI=1S/C15H22FNO2/c1-3-5-9-17(10-6-4-2)15(19)13-11-12(16)7-8-14(13)18/h7-8,11,18H,3-6,9-10H2,1-2H3. The molecule has 0 saturated carbocycles. The molecule has 0 radical (unpaired) electrons. The Labute approximate surface area is 114 Å². The van der Waals surface area contributed by atoms with Crippen LogP contribution in [0.3, 0.4) is 0 Å². The molecule has 1 aromatic carbocycles. The van der Waals surface area contributed by atoms with Crippen molar-refractivity contribution in [2.75, 3.05) is 13.1 Å². The third-order valence-corrected chi connectivity index (χ3v) is 3.04. The second kappa shape index (κ2) is 7.77. The van der Waals surface area contributed by atoms with Gasteiger partial charge in [0, 0.05) is 13.1 Å². The zero-order valence-electron chi connectivity index (χ0n) is 11.7. The van der Waals surface area contributed by atoms with E-state index in [0.29, 0.717) is 13.1 Å². The summed E-state index contributed by atoms with van der Waals surface area (Å²) in [5.74, 6) is -0.963. The number of halogens is 1. The summed E-state index contributed by atoms with van der Waals surface area (Å²) in [6.07, 6.45) is 3.80. The number of hydrogen-bond donors (Lipinski definition) is 1. The number of nitrogens with zero attached hydrogens (tertiary/aromatic N) is 1. The van der Waals surface area contributed by atoms with Crippen LogP contribution >= 0.6 is 0 Å². The molecule has 0 spiro atoms. The number of rotatable bonds is 7. The lowest BCUT2D eigenvalue weighted by atomic mass is 10.1. The first-order valence-corrected chi connectivity index (χ1v) is 6.88. The van der Waals surface area contributed by atoms with E-state index in [9.17, 15) is 14.3 Å². The summed E-state index contributed by atoms with van der Waals surface area (Å²) < 4.78 is 13.2. The van der Waals surface area contributed by atoms with Gasteiger partial charge in [0.2, 0.25) is 0 Å². The Kier molecular flexibility index (Phi) is 6.33. The van der Waals surface area contributed by atoms with Gasteiger partial charge in [0.15, 0.2) is 0 Å². The molecular weight excluding hydrogens is 245 g/mol. The lowest BCUT2D eigenvalue weighted by Crippen LogP contribution is -2.33. The number of unbranched alkanes of at least 4 members (excludes halogenated alkanes) is 2. The zero-order chi connectivity index (χ0) is 14.3. The number of phenols is 1. The normalized spacial score (nSPS) is 10.5. The fraction of sp³-hybridized carbons (Fsp3) is 0.533. The van der Waals surface area contributed by atoms with Gasteiger partial charge in [0.1, 0.15) is 11.6 Å². The van der Waals surface area contributed by atoms with Crippen LogP contribution in [0.5, 0.6) is 5.75 Å². The molecule has 0 saturated heterocycles. The average Bonchev–Trinajstić information content (AvgIpc) is 2.41. The molecular formula is C15H22FNO2. The summed E-state index contributed by atoms with van der Waals surface area (Å²) in [6, 6.07) is 3.47. The highest BCUT2D eigenvalue weighted by Crippen LogP contribution is 2.20. The first-order chi connectivity index (χ1) is 9.10. The fourth-order valence-electron chi connectivity index (χ4n) is 1.86. The van der Waals surface area contributed by atoms with E-state index in [1.807, 2.05) is 0 Å². The van der Waals surface area contributed by atoms with Gasteiger partial charge in [-0.05, 0) is 31.0 Å². The van der Waals surface area contributed by atoms with Gasteiger partial charge >= 0.3 is 0 Å². The van der Waals surface area contributed by atoms with E-state index in [-0.39, 0.29) is 17.2 Å². The van der Waals surface area contributed by atoms with Crippen molar-refractivity contribution in [3.05, 3.63) is 29.6 Å². The SMILES string of the molecule is CCCCN(CCCC)C(=O)c1cc(F)ccc1O. The molecule has 0 unspecified atom stereocenters. The van der Waals surface area contributed by atoms with Crippen molar-refractivity contribution < 1.29 is 14.3 Å². The molecule has 0 bridgehead atoms. The topological polar surface area (TPSA) is 40.5 Å². The third kappa shape index (κ3) is 4.54. The monoisotopic (exact) mass is 267 g/mol. The highest BCUT2D eigenvalue weighted by atomic mass is 19.1. The van der Waals surface area contributed by atoms with Crippen LogP contribution in [-0.2, 0) is 0 Å². The molecule has 0 aliphatic carbocycles. The highest BCUT2D eigenvalue weighted by molar-refractivity contribution is 5.96. The quantitative estimate of drug-likeness (QED) is 0.820. The molecule has 4 heteroatoms. The predicted molar refractivity (Wildman–Crippen MR) is 73.8 cm³/mol. The molecule has 0 aliphatic rings.